The van der Waals surface area contributed by atoms with Crippen LogP contribution in [0.25, 0.3) is 0 Å². The Morgan fingerprint density at radius 2 is 1.87 bits per heavy atom. The van der Waals surface area contributed by atoms with Gasteiger partial charge in [0.25, 0.3) is 0 Å². The Bertz CT molecular complexity index is 758. The number of nitrogens with zero attached hydrogens (tertiary/aromatic N) is 2. The van der Waals surface area contributed by atoms with Crippen LogP contribution in [0.4, 0.5) is 9.93 Å². The summed E-state index contributed by atoms with van der Waals surface area (Å²) in [6.07, 6.45) is 12.0. The summed E-state index contributed by atoms with van der Waals surface area (Å²) in [4.78, 5) is 30.3. The summed E-state index contributed by atoms with van der Waals surface area (Å²) in [6, 6.07) is 0.257. The van der Waals surface area contributed by atoms with E-state index in [0.717, 1.165) is 75.7 Å². The summed E-state index contributed by atoms with van der Waals surface area (Å²) >= 11 is 1.08. The van der Waals surface area contributed by atoms with Crippen molar-refractivity contribution in [3.05, 3.63) is 6.20 Å². The van der Waals surface area contributed by atoms with Gasteiger partial charge >= 0.3 is 12.0 Å². The number of carbonyl (C=O) groups is 2. The molecule has 1 aromatic heterocycles. The predicted molar refractivity (Wildman–Crippen MR) is 121 cm³/mol. The van der Waals surface area contributed by atoms with Crippen LogP contribution in [0.3, 0.4) is 0 Å². The van der Waals surface area contributed by atoms with Gasteiger partial charge in [-0.25, -0.2) is 9.78 Å². The van der Waals surface area contributed by atoms with E-state index in [1.165, 1.54) is 12.6 Å². The molecule has 0 radical (unpaired) electrons. The highest BCUT2D eigenvalue weighted by atomic mass is 32.2. The number of aliphatic carboxylic acids is 1. The number of aromatic nitrogens is 1. The molecule has 2 aliphatic carbocycles. The lowest BCUT2D eigenvalue weighted by atomic mass is 9.88. The molecule has 3 rings (SSSR count). The molecule has 0 aromatic carbocycles. The molecule has 1 atom stereocenters. The summed E-state index contributed by atoms with van der Waals surface area (Å²) in [5, 5.41) is 12.1. The van der Waals surface area contributed by atoms with Crippen molar-refractivity contribution in [1.29, 1.82) is 0 Å². The molecule has 2 aliphatic rings. The number of ether oxygens (including phenoxy) is 1. The monoisotopic (exact) mass is 471 g/mol. The third kappa shape index (κ3) is 6.98. The van der Waals surface area contributed by atoms with Gasteiger partial charge in [0.15, 0.2) is 5.13 Å². The number of urea groups is 1. The minimum Gasteiger partial charge on any atom is -0.481 e. The Morgan fingerprint density at radius 3 is 2.52 bits per heavy atom. The number of hydrogen-bond donors (Lipinski definition) is 2. The zero-order chi connectivity index (χ0) is 22.2. The molecule has 2 saturated carbocycles. The Morgan fingerprint density at radius 1 is 1.19 bits per heavy atom. The average Bonchev–Trinajstić information content (AvgIpc) is 3.22. The molecule has 1 aromatic rings. The molecule has 8 nitrogen and oxygen atoms in total. The number of hydrogen-bond acceptors (Lipinski definition) is 6. The first kappa shape index (κ1) is 24.1. The van der Waals surface area contributed by atoms with Gasteiger partial charge in [0.2, 0.25) is 0 Å². The number of nitrogens with one attached hydrogen (secondary N) is 1. The maximum atomic E-state index is 13.3. The lowest BCUT2D eigenvalue weighted by molar-refractivity contribution is -0.133. The maximum Gasteiger partial charge on any atom is 0.324 e. The molecule has 1 heterocycles. The fourth-order valence-corrected chi connectivity index (χ4v) is 6.39. The van der Waals surface area contributed by atoms with Crippen LogP contribution < -0.4 is 5.32 Å². The normalized spacial score (nSPS) is 23.3. The van der Waals surface area contributed by atoms with Crippen LogP contribution in [-0.4, -0.2) is 61.7 Å². The summed E-state index contributed by atoms with van der Waals surface area (Å²) in [6.45, 7) is 2.90. The fourth-order valence-electron chi connectivity index (χ4n) is 4.53. The third-order valence-electron chi connectivity index (χ3n) is 5.97. The molecular weight excluding hydrogens is 438 g/mol. The van der Waals surface area contributed by atoms with Gasteiger partial charge in [-0.2, -0.15) is 0 Å². The van der Waals surface area contributed by atoms with Crippen LogP contribution in [-0.2, 0) is 20.3 Å². The number of anilines is 1. The van der Waals surface area contributed by atoms with Crippen LogP contribution in [0.2, 0.25) is 0 Å². The van der Waals surface area contributed by atoms with Gasteiger partial charge in [-0.3, -0.25) is 14.3 Å². The van der Waals surface area contributed by atoms with Gasteiger partial charge in [0.1, 0.15) is 9.96 Å². The highest BCUT2D eigenvalue weighted by Gasteiger charge is 2.35. The van der Waals surface area contributed by atoms with Crippen LogP contribution in [0.1, 0.15) is 71.1 Å². The van der Waals surface area contributed by atoms with Crippen molar-refractivity contribution < 1.29 is 23.6 Å². The number of thiazole rings is 1. The standard InChI is InChI=1S/C21H33N3O5S2/c1-2-12-29-17-10-8-16(9-11-17)24(15-6-4-3-5-7-15)21(27)23-20-22-13-19(30-20)31(28)14-18(25)26/h13,15-17H,2-12,14H2,1H3,(H,25,26)(H,22,23,27). The zero-order valence-corrected chi connectivity index (χ0v) is 19.7. The maximum absolute atomic E-state index is 13.3. The van der Waals surface area contributed by atoms with Crippen LogP contribution >= 0.6 is 11.3 Å². The summed E-state index contributed by atoms with van der Waals surface area (Å²) in [5.41, 5.74) is 0. The average molecular weight is 472 g/mol. The number of carboxylic acid groups (broad SMARTS) is 1. The van der Waals surface area contributed by atoms with E-state index in [1.807, 2.05) is 4.90 Å². The molecule has 0 bridgehead atoms. The van der Waals surface area contributed by atoms with E-state index in [2.05, 4.69) is 17.2 Å². The molecule has 2 amide bonds. The third-order valence-corrected chi connectivity index (χ3v) is 8.55. The van der Waals surface area contributed by atoms with Crippen molar-refractivity contribution in [3.8, 4) is 0 Å². The van der Waals surface area contributed by atoms with Crippen molar-refractivity contribution in [2.45, 2.75) is 93.5 Å². The van der Waals surface area contributed by atoms with E-state index in [9.17, 15) is 13.8 Å². The van der Waals surface area contributed by atoms with E-state index in [0.29, 0.717) is 15.4 Å². The predicted octanol–water partition coefficient (Wildman–Crippen LogP) is 4.24. The molecule has 31 heavy (non-hydrogen) atoms. The summed E-state index contributed by atoms with van der Waals surface area (Å²) < 4.78 is 18.3. The number of carboxylic acids is 1. The molecule has 1 unspecified atom stereocenters. The van der Waals surface area contributed by atoms with Gasteiger partial charge in [0, 0.05) is 18.7 Å². The summed E-state index contributed by atoms with van der Waals surface area (Å²) in [5.74, 6) is -1.59. The Hall–Kier alpha value is -1.52. The van der Waals surface area contributed by atoms with Crippen LogP contribution in [0.5, 0.6) is 0 Å². The largest absolute Gasteiger partial charge is 0.481 e. The minimum atomic E-state index is -1.66. The van der Waals surface area contributed by atoms with E-state index < -0.39 is 22.5 Å². The van der Waals surface area contributed by atoms with E-state index >= 15 is 0 Å². The van der Waals surface area contributed by atoms with Crippen molar-refractivity contribution >= 4 is 39.3 Å². The number of carbonyl (C=O) groups excluding carboxylic acids is 1. The molecule has 0 saturated heterocycles. The van der Waals surface area contributed by atoms with Crippen LogP contribution in [0.15, 0.2) is 10.4 Å². The van der Waals surface area contributed by atoms with E-state index in [1.54, 1.807) is 0 Å². The molecule has 2 fully saturated rings. The van der Waals surface area contributed by atoms with Gasteiger partial charge in [-0.15, -0.1) is 0 Å². The lowest BCUT2D eigenvalue weighted by Crippen LogP contribution is -2.51. The van der Waals surface area contributed by atoms with Crippen molar-refractivity contribution in [1.82, 2.24) is 9.88 Å². The minimum absolute atomic E-state index is 0.158. The highest BCUT2D eigenvalue weighted by Crippen LogP contribution is 2.32. The topological polar surface area (TPSA) is 109 Å². The SMILES string of the molecule is CCCOC1CCC(N(C(=O)Nc2ncc(S(=O)CC(=O)O)s2)C2CCCCC2)CC1. The first-order valence-corrected chi connectivity index (χ1v) is 13.4. The highest BCUT2D eigenvalue weighted by molar-refractivity contribution is 7.88. The van der Waals surface area contributed by atoms with Gasteiger partial charge in [-0.1, -0.05) is 37.5 Å². The molecular formula is C21H33N3O5S2. The Kier molecular flexibility index (Phi) is 9.28. The number of rotatable bonds is 9. The first-order valence-electron chi connectivity index (χ1n) is 11.2. The van der Waals surface area contributed by atoms with Gasteiger partial charge in [-0.05, 0) is 44.9 Å². The molecule has 174 valence electrons. The van der Waals surface area contributed by atoms with E-state index in [-0.39, 0.29) is 18.1 Å². The van der Waals surface area contributed by atoms with Crippen molar-refractivity contribution in [2.75, 3.05) is 17.7 Å². The second-order valence-corrected chi connectivity index (χ2v) is 11.0. The first-order chi connectivity index (χ1) is 15.0. The second-order valence-electron chi connectivity index (χ2n) is 8.30. The second kappa shape index (κ2) is 11.9. The lowest BCUT2D eigenvalue weighted by Gasteiger charge is -2.42. The number of amides is 2. The molecule has 2 N–H and O–H groups in total. The smallest absolute Gasteiger partial charge is 0.324 e. The fraction of sp³-hybridized carbons (Fsp3) is 0.762. The molecule has 0 spiro atoms. The summed E-state index contributed by atoms with van der Waals surface area (Å²) in [7, 11) is -1.66. The van der Waals surface area contributed by atoms with Crippen LogP contribution in [0, 0.1) is 0 Å². The Labute approximate surface area is 190 Å². The zero-order valence-electron chi connectivity index (χ0n) is 18.1. The molecule has 10 heteroatoms. The molecule has 0 aliphatic heterocycles. The Balaban J connectivity index is 1.65. The van der Waals surface area contributed by atoms with Crippen molar-refractivity contribution in [2.24, 2.45) is 0 Å². The van der Waals surface area contributed by atoms with Crippen molar-refractivity contribution in [3.63, 3.8) is 0 Å². The van der Waals surface area contributed by atoms with Gasteiger partial charge in [0.05, 0.1) is 23.1 Å². The van der Waals surface area contributed by atoms with E-state index in [4.69, 9.17) is 9.84 Å². The quantitative estimate of drug-likeness (QED) is 0.558. The van der Waals surface area contributed by atoms with Gasteiger partial charge < -0.3 is 14.7 Å².